The van der Waals surface area contributed by atoms with Gasteiger partial charge < -0.3 is 20.1 Å². The van der Waals surface area contributed by atoms with Crippen LogP contribution in [0.4, 0.5) is 10.5 Å². The number of rotatable bonds is 12. The van der Waals surface area contributed by atoms with Crippen LogP contribution in [-0.4, -0.2) is 53.9 Å². The lowest BCUT2D eigenvalue weighted by Crippen LogP contribution is -2.46. The summed E-state index contributed by atoms with van der Waals surface area (Å²) in [6.45, 7) is 3.26. The lowest BCUT2D eigenvalue weighted by Gasteiger charge is -2.28. The largest absolute Gasteiger partial charge is 0.464 e. The molecule has 10 nitrogen and oxygen atoms in total. The van der Waals surface area contributed by atoms with Crippen molar-refractivity contribution < 1.29 is 33.4 Å². The number of hydrogen-bond acceptors (Lipinski definition) is 7. The maximum Gasteiger partial charge on any atom is 0.408 e. The number of halogens is 1. The van der Waals surface area contributed by atoms with E-state index in [4.69, 9.17) is 9.47 Å². The Morgan fingerprint density at radius 3 is 2.19 bits per heavy atom. The third kappa shape index (κ3) is 7.98. The first kappa shape index (κ1) is 31.7. The smallest absolute Gasteiger partial charge is 0.408 e. The zero-order valence-electron chi connectivity index (χ0n) is 23.8. The van der Waals surface area contributed by atoms with Crippen LogP contribution in [0.2, 0.25) is 0 Å². The van der Waals surface area contributed by atoms with Crippen LogP contribution in [0.1, 0.15) is 64.4 Å². The molecule has 1 aliphatic heterocycles. The molecule has 1 heterocycles. The summed E-state index contributed by atoms with van der Waals surface area (Å²) in [5.41, 5.74) is 2.68. The second kappa shape index (κ2) is 14.8. The van der Waals surface area contributed by atoms with Crippen molar-refractivity contribution in [3.05, 3.63) is 98.6 Å². The molecule has 11 heteroatoms. The maximum atomic E-state index is 13.3. The fourth-order valence-corrected chi connectivity index (χ4v) is 5.41. The van der Waals surface area contributed by atoms with E-state index in [1.54, 1.807) is 43.3 Å². The van der Waals surface area contributed by atoms with Gasteiger partial charge in [0.15, 0.2) is 0 Å². The van der Waals surface area contributed by atoms with Crippen LogP contribution < -0.4 is 10.6 Å². The number of carbonyl (C=O) groups excluding carboxylic acids is 5. The Hall–Kier alpha value is -4.26. The summed E-state index contributed by atoms with van der Waals surface area (Å²) in [5, 5.41) is 5.47. The number of hydrogen-bond donors (Lipinski definition) is 2. The number of anilines is 1. The highest BCUT2D eigenvalue weighted by atomic mass is 127. The number of imide groups is 1. The molecular weight excluding hydrogens is 665 g/mol. The van der Waals surface area contributed by atoms with Gasteiger partial charge in [-0.15, -0.1) is 0 Å². The molecule has 0 unspecified atom stereocenters. The highest BCUT2D eigenvalue weighted by molar-refractivity contribution is 14.1. The van der Waals surface area contributed by atoms with Crippen molar-refractivity contribution in [2.24, 2.45) is 0 Å². The molecule has 43 heavy (non-hydrogen) atoms. The molecule has 2 N–H and O–H groups in total. The summed E-state index contributed by atoms with van der Waals surface area (Å²) < 4.78 is 11.5. The Labute approximate surface area is 263 Å². The van der Waals surface area contributed by atoms with Crippen LogP contribution in [-0.2, 0) is 25.7 Å². The second-order valence-corrected chi connectivity index (χ2v) is 11.1. The summed E-state index contributed by atoms with van der Waals surface area (Å²) in [4.78, 5) is 65.1. The molecule has 0 aliphatic carbocycles. The van der Waals surface area contributed by atoms with E-state index in [0.717, 1.165) is 9.13 Å². The molecule has 0 fully saturated rings. The molecule has 2 atom stereocenters. The van der Waals surface area contributed by atoms with Gasteiger partial charge in [-0.3, -0.25) is 19.3 Å². The lowest BCUT2D eigenvalue weighted by molar-refractivity contribution is -0.146. The van der Waals surface area contributed by atoms with Crippen LogP contribution in [0.25, 0.3) is 0 Å². The number of carbonyl (C=O) groups is 5. The molecule has 3 aromatic carbocycles. The van der Waals surface area contributed by atoms with Gasteiger partial charge in [-0.25, -0.2) is 9.59 Å². The van der Waals surface area contributed by atoms with Crippen molar-refractivity contribution in [3.8, 4) is 0 Å². The fraction of sp³-hybridized carbons (Fsp3) is 0.281. The van der Waals surface area contributed by atoms with Gasteiger partial charge >= 0.3 is 12.1 Å². The van der Waals surface area contributed by atoms with Crippen LogP contribution in [0.5, 0.6) is 0 Å². The maximum absolute atomic E-state index is 13.3. The highest BCUT2D eigenvalue weighted by Crippen LogP contribution is 2.32. The Balaban J connectivity index is 1.59. The molecule has 0 spiro atoms. The fourth-order valence-electron chi connectivity index (χ4n) is 4.94. The average Bonchev–Trinajstić information content (AvgIpc) is 3.24. The van der Waals surface area contributed by atoms with Crippen molar-refractivity contribution in [1.29, 1.82) is 0 Å². The van der Waals surface area contributed by atoms with Gasteiger partial charge in [-0.2, -0.15) is 0 Å². The van der Waals surface area contributed by atoms with Gasteiger partial charge in [-0.05, 0) is 77.7 Å². The summed E-state index contributed by atoms with van der Waals surface area (Å²) in [7, 11) is 0. The van der Waals surface area contributed by atoms with E-state index >= 15 is 0 Å². The van der Waals surface area contributed by atoms with Crippen LogP contribution in [0.3, 0.4) is 0 Å². The van der Waals surface area contributed by atoms with Crippen molar-refractivity contribution in [2.75, 3.05) is 18.5 Å². The van der Waals surface area contributed by atoms with Crippen molar-refractivity contribution in [2.45, 2.75) is 45.3 Å². The SMILES string of the molecule is CCOC(=O)[C@@H](NC(=O)OCc1ccccc1)[C@@H](CCCN1C(=O)c2ccccc2C1=O)c1ccc(I)c(NC(C)=O)c1. The summed E-state index contributed by atoms with van der Waals surface area (Å²) in [6, 6.07) is 20.0. The standard InChI is InChI=1S/C32H32IN3O7/c1-3-42-31(40)28(35-32(41)43-19-21-10-5-4-6-11-21)23(22-15-16-26(33)27(18-22)34-20(2)37)14-9-17-36-29(38)24-12-7-8-13-25(24)30(36)39/h4-8,10-13,15-16,18,23,28H,3,9,14,17,19H2,1-2H3,(H,34,37)(H,35,41)/t23-,28-/m0/s1. The van der Waals surface area contributed by atoms with Gasteiger partial charge in [-0.1, -0.05) is 48.5 Å². The zero-order chi connectivity index (χ0) is 30.9. The van der Waals surface area contributed by atoms with E-state index < -0.39 is 24.0 Å². The Bertz CT molecular complexity index is 1480. The normalized spacial score (nSPS) is 13.6. The van der Waals surface area contributed by atoms with Gasteiger partial charge in [0.1, 0.15) is 12.6 Å². The number of alkyl carbamates (subject to hydrolysis) is 1. The van der Waals surface area contributed by atoms with Gasteiger partial charge in [0.2, 0.25) is 5.91 Å². The van der Waals surface area contributed by atoms with Crippen LogP contribution in [0, 0.1) is 3.57 Å². The van der Waals surface area contributed by atoms with E-state index in [9.17, 15) is 24.0 Å². The highest BCUT2D eigenvalue weighted by Gasteiger charge is 2.36. The number of benzene rings is 3. The average molecular weight is 698 g/mol. The number of esters is 1. The zero-order valence-corrected chi connectivity index (χ0v) is 26.0. The van der Waals surface area contributed by atoms with E-state index in [2.05, 4.69) is 33.2 Å². The molecule has 3 aromatic rings. The molecule has 0 saturated carbocycles. The van der Waals surface area contributed by atoms with E-state index in [0.29, 0.717) is 28.8 Å². The number of fused-ring (bicyclic) bond motifs is 1. The first-order chi connectivity index (χ1) is 20.7. The van der Waals surface area contributed by atoms with E-state index in [-0.39, 0.29) is 43.9 Å². The minimum absolute atomic E-state index is 0.00282. The second-order valence-electron chi connectivity index (χ2n) is 9.91. The molecule has 1 aliphatic rings. The first-order valence-electron chi connectivity index (χ1n) is 13.9. The molecule has 0 saturated heterocycles. The Morgan fingerprint density at radius 2 is 1.56 bits per heavy atom. The van der Waals surface area contributed by atoms with Crippen LogP contribution in [0.15, 0.2) is 72.8 Å². The number of amides is 4. The minimum Gasteiger partial charge on any atom is -0.464 e. The number of nitrogens with zero attached hydrogens (tertiary/aromatic N) is 1. The first-order valence-corrected chi connectivity index (χ1v) is 14.9. The molecule has 0 bridgehead atoms. The van der Waals surface area contributed by atoms with E-state index in [1.807, 2.05) is 36.4 Å². The molecule has 4 rings (SSSR count). The summed E-state index contributed by atoms with van der Waals surface area (Å²) >= 11 is 2.10. The van der Waals surface area contributed by atoms with Crippen molar-refractivity contribution >= 4 is 58.1 Å². The molecule has 0 radical (unpaired) electrons. The Morgan fingerprint density at radius 1 is 0.907 bits per heavy atom. The van der Waals surface area contributed by atoms with Gasteiger partial charge in [0.25, 0.3) is 11.8 Å². The summed E-state index contributed by atoms with van der Waals surface area (Å²) in [6.07, 6.45) is -0.190. The van der Waals surface area contributed by atoms with Crippen molar-refractivity contribution in [1.82, 2.24) is 10.2 Å². The predicted molar refractivity (Wildman–Crippen MR) is 167 cm³/mol. The van der Waals surface area contributed by atoms with Gasteiger partial charge in [0.05, 0.1) is 23.4 Å². The number of ether oxygens (including phenoxy) is 2. The predicted octanol–water partition coefficient (Wildman–Crippen LogP) is 5.27. The lowest BCUT2D eigenvalue weighted by atomic mass is 9.86. The van der Waals surface area contributed by atoms with Gasteiger partial charge in [0, 0.05) is 23.0 Å². The summed E-state index contributed by atoms with van der Waals surface area (Å²) in [5.74, 6) is -2.32. The molecule has 0 aromatic heterocycles. The van der Waals surface area contributed by atoms with E-state index in [1.165, 1.54) is 11.8 Å². The topological polar surface area (TPSA) is 131 Å². The van der Waals surface area contributed by atoms with Crippen molar-refractivity contribution in [3.63, 3.8) is 0 Å². The molecule has 224 valence electrons. The van der Waals surface area contributed by atoms with Crippen LogP contribution >= 0.6 is 22.6 Å². The quantitative estimate of drug-likeness (QED) is 0.150. The molecule has 4 amide bonds. The third-order valence-corrected chi connectivity index (χ3v) is 7.87. The minimum atomic E-state index is -1.16. The third-order valence-electron chi connectivity index (χ3n) is 6.93. The number of nitrogens with one attached hydrogen (secondary N) is 2. The Kier molecular flexibility index (Phi) is 10.9. The monoisotopic (exact) mass is 697 g/mol. The molecular formula is C32H32IN3O7.